The molecule has 1 aromatic rings. The first-order chi connectivity index (χ1) is 5.27. The Morgan fingerprint density at radius 3 is 2.75 bits per heavy atom. The molecule has 0 radical (unpaired) electrons. The van der Waals surface area contributed by atoms with E-state index in [0.29, 0.717) is 11.1 Å². The van der Waals surface area contributed by atoms with Gasteiger partial charge in [-0.05, 0) is 18.2 Å². The predicted molar refractivity (Wildman–Crippen MR) is 53.6 cm³/mol. The molecule has 0 amide bonds. The van der Waals surface area contributed by atoms with Crippen molar-refractivity contribution in [1.82, 2.24) is 0 Å². The van der Waals surface area contributed by atoms with Crippen LogP contribution in [0, 0.1) is 5.82 Å². The van der Waals surface area contributed by atoms with Crippen molar-refractivity contribution in [3.63, 3.8) is 0 Å². The van der Waals surface area contributed by atoms with Crippen LogP contribution >= 0.6 is 15.9 Å². The first-order valence-electron chi connectivity index (χ1n) is 3.16. The molecule has 4 heteroatoms. The largest absolute Gasteiger partial charge is 2.00 e. The van der Waals surface area contributed by atoms with Gasteiger partial charge in [0.15, 0.2) is 0 Å². The summed E-state index contributed by atoms with van der Waals surface area (Å²) in [6.07, 6.45) is 0. The molecule has 0 N–H and O–H groups in total. The zero-order valence-corrected chi connectivity index (χ0v) is 9.81. The molecule has 12 heavy (non-hydrogen) atoms. The zero-order valence-electron chi connectivity index (χ0n) is 8.81. The molecule has 0 aliphatic rings. The quantitative estimate of drug-likeness (QED) is 0.575. The monoisotopic (exact) mass is 244 g/mol. The smallest absolute Gasteiger partial charge is 1.00 e. The third kappa shape index (κ3) is 2.92. The van der Waals surface area contributed by atoms with Gasteiger partial charge in [0.1, 0.15) is 11.6 Å². The molecule has 1 nitrogen and oxygen atoms in total. The first kappa shape index (κ1) is 12.2. The van der Waals surface area contributed by atoms with E-state index in [2.05, 4.69) is 15.9 Å². The second kappa shape index (κ2) is 5.78. The van der Waals surface area contributed by atoms with Gasteiger partial charge < -0.3 is 7.59 Å². The SMILES string of the molecule is COc1ccc(F)cc1CBr.[H-].[H-].[Mg+2]. The molecule has 64 valence electrons. The van der Waals surface area contributed by atoms with E-state index in [9.17, 15) is 4.39 Å². The van der Waals surface area contributed by atoms with Gasteiger partial charge in [0.05, 0.1) is 7.11 Å². The van der Waals surface area contributed by atoms with Gasteiger partial charge in [-0.25, -0.2) is 4.39 Å². The molecular weight excluding hydrogens is 235 g/mol. The Balaban J connectivity index is -0.000000403. The molecule has 0 saturated heterocycles. The van der Waals surface area contributed by atoms with Crippen LogP contribution in [0.1, 0.15) is 8.42 Å². The minimum absolute atomic E-state index is 0. The molecule has 0 unspecified atom stereocenters. The minimum Gasteiger partial charge on any atom is -1.00 e. The first-order valence-corrected chi connectivity index (χ1v) is 4.28. The van der Waals surface area contributed by atoms with Gasteiger partial charge in [-0.3, -0.25) is 0 Å². The van der Waals surface area contributed by atoms with E-state index in [1.54, 1.807) is 13.2 Å². The average Bonchev–Trinajstić information content (AvgIpc) is 2.04. The number of ether oxygens (including phenoxy) is 1. The van der Waals surface area contributed by atoms with Gasteiger partial charge in [0.25, 0.3) is 0 Å². The predicted octanol–water partition coefficient (Wildman–Crippen LogP) is 2.57. The second-order valence-electron chi connectivity index (χ2n) is 2.09. The molecule has 0 aliphatic heterocycles. The van der Waals surface area contributed by atoms with Crippen LogP contribution < -0.4 is 4.74 Å². The van der Waals surface area contributed by atoms with E-state index in [1.165, 1.54) is 12.1 Å². The summed E-state index contributed by atoms with van der Waals surface area (Å²) in [6.45, 7) is 0. The molecule has 0 bridgehead atoms. The minimum atomic E-state index is -0.236. The molecule has 1 rings (SSSR count). The Hall–Kier alpha value is 0.196. The van der Waals surface area contributed by atoms with Crippen molar-refractivity contribution in [2.45, 2.75) is 5.33 Å². The molecule has 1 aromatic carbocycles. The maximum atomic E-state index is 12.6. The van der Waals surface area contributed by atoms with Crippen LogP contribution in [-0.4, -0.2) is 30.2 Å². The molecule has 0 spiro atoms. The van der Waals surface area contributed by atoms with Crippen LogP contribution in [0.4, 0.5) is 4.39 Å². The van der Waals surface area contributed by atoms with Crippen LogP contribution in [0.5, 0.6) is 5.75 Å². The summed E-state index contributed by atoms with van der Waals surface area (Å²) in [7, 11) is 1.57. The van der Waals surface area contributed by atoms with Crippen molar-refractivity contribution in [3.8, 4) is 5.75 Å². The fraction of sp³-hybridized carbons (Fsp3) is 0.250. The summed E-state index contributed by atoms with van der Waals surface area (Å²) in [5, 5.41) is 0.605. The van der Waals surface area contributed by atoms with Crippen molar-refractivity contribution in [3.05, 3.63) is 29.6 Å². The van der Waals surface area contributed by atoms with Crippen molar-refractivity contribution >= 4 is 39.0 Å². The molecule has 0 aromatic heterocycles. The molecule has 0 atom stereocenters. The zero-order chi connectivity index (χ0) is 8.27. The molecule has 0 fully saturated rings. The normalized spacial score (nSPS) is 8.92. The van der Waals surface area contributed by atoms with Crippen molar-refractivity contribution in [1.29, 1.82) is 0 Å². The third-order valence-corrected chi connectivity index (χ3v) is 1.99. The average molecular weight is 245 g/mol. The number of alkyl halides is 1. The van der Waals surface area contributed by atoms with Gasteiger partial charge in [0.2, 0.25) is 0 Å². The fourth-order valence-electron chi connectivity index (χ4n) is 0.852. The van der Waals surface area contributed by atoms with Gasteiger partial charge in [-0.1, -0.05) is 15.9 Å². The number of benzene rings is 1. The molecule has 0 saturated carbocycles. The fourth-order valence-corrected chi connectivity index (χ4v) is 1.29. The number of halogens is 2. The topological polar surface area (TPSA) is 9.23 Å². The number of rotatable bonds is 2. The van der Waals surface area contributed by atoms with Crippen LogP contribution in [-0.2, 0) is 5.33 Å². The summed E-state index contributed by atoms with van der Waals surface area (Å²) in [4.78, 5) is 0. The Bertz CT molecular complexity index is 263. The van der Waals surface area contributed by atoms with E-state index >= 15 is 0 Å². The Labute approximate surface area is 98.5 Å². The van der Waals surface area contributed by atoms with E-state index in [4.69, 9.17) is 4.74 Å². The van der Waals surface area contributed by atoms with Gasteiger partial charge in [-0.2, -0.15) is 0 Å². The summed E-state index contributed by atoms with van der Waals surface area (Å²) >= 11 is 3.24. The van der Waals surface area contributed by atoms with Crippen LogP contribution in [0.2, 0.25) is 0 Å². The van der Waals surface area contributed by atoms with E-state index in [-0.39, 0.29) is 31.7 Å². The second-order valence-corrected chi connectivity index (χ2v) is 2.65. The summed E-state index contributed by atoms with van der Waals surface area (Å²) < 4.78 is 17.6. The maximum Gasteiger partial charge on any atom is 2.00 e. The maximum absolute atomic E-state index is 12.6. The van der Waals surface area contributed by atoms with Crippen LogP contribution in [0.15, 0.2) is 18.2 Å². The third-order valence-electron chi connectivity index (χ3n) is 1.39. The van der Waals surface area contributed by atoms with Crippen LogP contribution in [0.25, 0.3) is 0 Å². The van der Waals surface area contributed by atoms with E-state index < -0.39 is 0 Å². The van der Waals surface area contributed by atoms with E-state index in [0.717, 1.165) is 5.56 Å². The molecular formula is C8H10BrFMgO. The van der Waals surface area contributed by atoms with Gasteiger partial charge in [0, 0.05) is 10.9 Å². The van der Waals surface area contributed by atoms with E-state index in [1.807, 2.05) is 0 Å². The van der Waals surface area contributed by atoms with Crippen molar-refractivity contribution in [2.75, 3.05) is 7.11 Å². The van der Waals surface area contributed by atoms with Gasteiger partial charge in [-0.15, -0.1) is 0 Å². The summed E-state index contributed by atoms with van der Waals surface area (Å²) in [5.74, 6) is 0.475. The van der Waals surface area contributed by atoms with Crippen molar-refractivity contribution in [2.24, 2.45) is 0 Å². The standard InChI is InChI=1S/C8H8BrFO.Mg.2H/c1-11-8-3-2-7(10)4-6(8)5-9;;;/h2-4H,5H2,1H3;;;/q;+2;2*-1. The number of hydrogen-bond acceptors (Lipinski definition) is 1. The van der Waals surface area contributed by atoms with Crippen LogP contribution in [0.3, 0.4) is 0 Å². The summed E-state index contributed by atoms with van der Waals surface area (Å²) in [6, 6.07) is 4.45. The Kier molecular flexibility index (Phi) is 5.87. The summed E-state index contributed by atoms with van der Waals surface area (Å²) in [5.41, 5.74) is 0.826. The van der Waals surface area contributed by atoms with Gasteiger partial charge >= 0.3 is 23.1 Å². The molecule has 0 aliphatic carbocycles. The van der Waals surface area contributed by atoms with Crippen molar-refractivity contribution < 1.29 is 12.0 Å². The number of hydrogen-bond donors (Lipinski definition) is 0. The molecule has 0 heterocycles. The number of methoxy groups -OCH3 is 1. The Morgan fingerprint density at radius 2 is 2.25 bits per heavy atom. The Morgan fingerprint density at radius 1 is 1.58 bits per heavy atom.